The molecule has 0 fully saturated rings. The van der Waals surface area contributed by atoms with Gasteiger partial charge in [0, 0.05) is 35.8 Å². The summed E-state index contributed by atoms with van der Waals surface area (Å²) in [5, 5.41) is 5.89. The third kappa shape index (κ3) is 5.57. The van der Waals surface area contributed by atoms with Gasteiger partial charge < -0.3 is 21.3 Å². The maximum Gasteiger partial charge on any atom is 0.328 e. The zero-order chi connectivity index (χ0) is 27.6. The SMILES string of the molecule is Cc1ccc(C(N)=NC(C)C)cc1-c1nc(NCCN(C)C)nc2c1CNC(=O)N2c1c(F)cccc1F. The van der Waals surface area contributed by atoms with Crippen molar-refractivity contribution >= 4 is 29.3 Å². The molecule has 200 valence electrons. The fourth-order valence-electron chi connectivity index (χ4n) is 4.15. The number of benzene rings is 2. The number of rotatable bonds is 8. The maximum absolute atomic E-state index is 14.9. The smallest absolute Gasteiger partial charge is 0.328 e. The number of hydrogen-bond donors (Lipinski definition) is 3. The number of anilines is 3. The number of aromatic nitrogens is 2. The summed E-state index contributed by atoms with van der Waals surface area (Å²) < 4.78 is 29.7. The molecule has 1 aliphatic heterocycles. The standard InChI is InChI=1S/C27H32F2N8O/c1-15(2)33-24(30)17-10-9-16(3)18(13-17)22-19-14-32-27(38)37(23-20(28)7-6-8-21(23)29)25(19)35-26(34-22)31-11-12-36(4)5/h6-10,13,15H,11-12,14H2,1-5H3,(H2,30,33)(H,32,38)(H,31,34,35). The van der Waals surface area contributed by atoms with Gasteiger partial charge in [0.1, 0.15) is 23.2 Å². The van der Waals surface area contributed by atoms with Crippen molar-refractivity contribution in [2.45, 2.75) is 33.4 Å². The highest BCUT2D eigenvalue weighted by atomic mass is 19.1. The number of nitrogens with one attached hydrogen (secondary N) is 2. The first-order valence-corrected chi connectivity index (χ1v) is 12.3. The lowest BCUT2D eigenvalue weighted by Gasteiger charge is -2.31. The van der Waals surface area contributed by atoms with Crippen LogP contribution < -0.4 is 21.3 Å². The van der Waals surface area contributed by atoms with Crippen LogP contribution in [0, 0.1) is 18.6 Å². The van der Waals surface area contributed by atoms with Crippen molar-refractivity contribution in [2.24, 2.45) is 10.7 Å². The van der Waals surface area contributed by atoms with Gasteiger partial charge in [-0.15, -0.1) is 0 Å². The first kappa shape index (κ1) is 26.9. The molecule has 2 aromatic carbocycles. The van der Waals surface area contributed by atoms with Crippen LogP contribution in [0.5, 0.6) is 0 Å². The molecular formula is C27H32F2N8O. The number of amides is 2. The van der Waals surface area contributed by atoms with E-state index in [0.717, 1.165) is 28.2 Å². The van der Waals surface area contributed by atoms with Crippen LogP contribution in [0.2, 0.25) is 0 Å². The van der Waals surface area contributed by atoms with E-state index < -0.39 is 23.4 Å². The summed E-state index contributed by atoms with van der Waals surface area (Å²) in [6.45, 7) is 7.09. The Bertz CT molecular complexity index is 1370. The molecule has 0 spiro atoms. The molecular weight excluding hydrogens is 490 g/mol. The number of carbonyl (C=O) groups excluding carboxylic acids is 1. The number of halogens is 2. The molecule has 3 aromatic rings. The number of carbonyl (C=O) groups is 1. The molecule has 9 nitrogen and oxygen atoms in total. The summed E-state index contributed by atoms with van der Waals surface area (Å²) in [7, 11) is 3.87. The summed E-state index contributed by atoms with van der Waals surface area (Å²) >= 11 is 0. The van der Waals surface area contributed by atoms with Gasteiger partial charge in [0.25, 0.3) is 0 Å². The van der Waals surface area contributed by atoms with Gasteiger partial charge in [-0.05, 0) is 58.6 Å². The second-order valence-electron chi connectivity index (χ2n) is 9.63. The van der Waals surface area contributed by atoms with E-state index in [0.29, 0.717) is 35.7 Å². The van der Waals surface area contributed by atoms with Gasteiger partial charge in [-0.2, -0.15) is 4.98 Å². The summed E-state index contributed by atoms with van der Waals surface area (Å²) in [4.78, 5) is 29.7. The lowest BCUT2D eigenvalue weighted by Crippen LogP contribution is -2.43. The zero-order valence-electron chi connectivity index (χ0n) is 22.1. The second-order valence-corrected chi connectivity index (χ2v) is 9.63. The van der Waals surface area contributed by atoms with Crippen LogP contribution in [0.4, 0.5) is 31.0 Å². The number of amidine groups is 1. The monoisotopic (exact) mass is 522 g/mol. The number of hydrogen-bond acceptors (Lipinski definition) is 6. The molecule has 1 aromatic heterocycles. The highest BCUT2D eigenvalue weighted by molar-refractivity contribution is 6.03. The number of aryl methyl sites for hydroxylation is 1. The van der Waals surface area contributed by atoms with Crippen molar-refractivity contribution in [3.05, 3.63) is 64.7 Å². The first-order valence-electron chi connectivity index (χ1n) is 12.3. The molecule has 1 aliphatic rings. The van der Waals surface area contributed by atoms with Crippen LogP contribution in [0.15, 0.2) is 41.4 Å². The molecule has 4 N–H and O–H groups in total. The number of likely N-dealkylation sites (N-methyl/N-ethyl adjacent to an activating group) is 1. The molecule has 0 saturated carbocycles. The quantitative estimate of drug-likeness (QED) is 0.302. The Morgan fingerprint density at radius 2 is 1.92 bits per heavy atom. The predicted octanol–water partition coefficient (Wildman–Crippen LogP) is 4.18. The molecule has 2 heterocycles. The van der Waals surface area contributed by atoms with Crippen molar-refractivity contribution in [2.75, 3.05) is 37.4 Å². The Morgan fingerprint density at radius 3 is 2.58 bits per heavy atom. The van der Waals surface area contributed by atoms with Crippen LogP contribution in [-0.4, -0.2) is 60.0 Å². The van der Waals surface area contributed by atoms with Crippen molar-refractivity contribution in [1.29, 1.82) is 0 Å². The summed E-state index contributed by atoms with van der Waals surface area (Å²) in [6, 6.07) is 8.44. The van der Waals surface area contributed by atoms with E-state index in [9.17, 15) is 13.6 Å². The van der Waals surface area contributed by atoms with Crippen LogP contribution >= 0.6 is 0 Å². The molecule has 4 rings (SSSR count). The third-order valence-corrected chi connectivity index (χ3v) is 6.01. The Kier molecular flexibility index (Phi) is 7.86. The number of aliphatic imine (C=N–C) groups is 1. The molecule has 2 amide bonds. The summed E-state index contributed by atoms with van der Waals surface area (Å²) in [5.74, 6) is -1.05. The van der Waals surface area contributed by atoms with Crippen molar-refractivity contribution in [3.63, 3.8) is 0 Å². The van der Waals surface area contributed by atoms with Gasteiger partial charge in [-0.1, -0.05) is 18.2 Å². The van der Waals surface area contributed by atoms with Gasteiger partial charge in [0.15, 0.2) is 5.82 Å². The summed E-state index contributed by atoms with van der Waals surface area (Å²) in [6.07, 6.45) is 0. The van der Waals surface area contributed by atoms with Gasteiger partial charge in [-0.25, -0.2) is 23.5 Å². The van der Waals surface area contributed by atoms with Gasteiger partial charge in [0.2, 0.25) is 5.95 Å². The van der Waals surface area contributed by atoms with Gasteiger partial charge in [0.05, 0.1) is 12.2 Å². The fourth-order valence-corrected chi connectivity index (χ4v) is 4.15. The van der Waals surface area contributed by atoms with E-state index in [4.69, 9.17) is 10.7 Å². The average Bonchev–Trinajstić information content (AvgIpc) is 2.84. The Balaban J connectivity index is 1.94. The highest BCUT2D eigenvalue weighted by Crippen LogP contribution is 2.39. The molecule has 0 atom stereocenters. The van der Waals surface area contributed by atoms with E-state index in [2.05, 4.69) is 20.6 Å². The highest BCUT2D eigenvalue weighted by Gasteiger charge is 2.34. The number of nitrogens with zero attached hydrogens (tertiary/aromatic N) is 5. The lowest BCUT2D eigenvalue weighted by molar-refractivity contribution is 0.246. The molecule has 0 unspecified atom stereocenters. The Morgan fingerprint density at radius 1 is 1.21 bits per heavy atom. The first-order chi connectivity index (χ1) is 18.1. The third-order valence-electron chi connectivity index (χ3n) is 6.01. The Hall–Kier alpha value is -4.12. The molecule has 0 bridgehead atoms. The topological polar surface area (TPSA) is 112 Å². The molecule has 0 aliphatic carbocycles. The van der Waals surface area contributed by atoms with E-state index in [1.54, 1.807) is 0 Å². The van der Waals surface area contributed by atoms with E-state index in [1.807, 2.05) is 58.0 Å². The van der Waals surface area contributed by atoms with Gasteiger partial charge >= 0.3 is 6.03 Å². The molecule has 0 saturated heterocycles. The minimum absolute atomic E-state index is 0.0125. The minimum Gasteiger partial charge on any atom is -0.383 e. The van der Waals surface area contributed by atoms with Gasteiger partial charge in [-0.3, -0.25) is 4.99 Å². The normalized spacial score (nSPS) is 13.7. The number of fused-ring (bicyclic) bond motifs is 1. The van der Waals surface area contributed by atoms with Crippen LogP contribution in [-0.2, 0) is 6.54 Å². The predicted molar refractivity (Wildman–Crippen MR) is 146 cm³/mol. The van der Waals surface area contributed by atoms with Crippen LogP contribution in [0.3, 0.4) is 0 Å². The van der Waals surface area contributed by atoms with Crippen LogP contribution in [0.25, 0.3) is 11.3 Å². The van der Waals surface area contributed by atoms with E-state index >= 15 is 0 Å². The minimum atomic E-state index is -0.883. The molecule has 11 heteroatoms. The molecule has 38 heavy (non-hydrogen) atoms. The second kappa shape index (κ2) is 11.1. The van der Waals surface area contributed by atoms with E-state index in [-0.39, 0.29) is 24.4 Å². The zero-order valence-corrected chi connectivity index (χ0v) is 22.1. The molecule has 0 radical (unpaired) electrons. The average molecular weight is 523 g/mol. The number of para-hydroxylation sites is 1. The van der Waals surface area contributed by atoms with E-state index in [1.165, 1.54) is 6.07 Å². The van der Waals surface area contributed by atoms with Crippen molar-refractivity contribution in [1.82, 2.24) is 20.2 Å². The van der Waals surface area contributed by atoms with Crippen LogP contribution in [0.1, 0.15) is 30.5 Å². The number of urea groups is 1. The largest absolute Gasteiger partial charge is 0.383 e. The Labute approximate surface area is 220 Å². The summed E-state index contributed by atoms with van der Waals surface area (Å²) in [5.41, 5.74) is 9.13. The lowest BCUT2D eigenvalue weighted by atomic mass is 9.97. The number of nitrogens with two attached hydrogens (primary N) is 1. The van der Waals surface area contributed by atoms with Crippen molar-refractivity contribution < 1.29 is 13.6 Å². The fraction of sp³-hybridized carbons (Fsp3) is 0.333. The van der Waals surface area contributed by atoms with Crippen molar-refractivity contribution in [3.8, 4) is 11.3 Å². The maximum atomic E-state index is 14.9.